The number of nitrogens with two attached hydrogens (primary N) is 1. The lowest BCUT2D eigenvalue weighted by Crippen LogP contribution is -2.46. The van der Waals surface area contributed by atoms with Crippen LogP contribution in [0, 0.1) is 0 Å². The average Bonchev–Trinajstić information content (AvgIpc) is 3.59. The zero-order valence-corrected chi connectivity index (χ0v) is 22.2. The minimum absolute atomic E-state index is 0.0891. The lowest BCUT2D eigenvalue weighted by Gasteiger charge is -2.18. The smallest absolute Gasteiger partial charge is 0.253 e. The molecule has 2 heterocycles. The highest BCUT2D eigenvalue weighted by Gasteiger charge is 2.24. The van der Waals surface area contributed by atoms with Crippen molar-refractivity contribution in [1.82, 2.24) is 14.3 Å². The molecule has 0 aliphatic carbocycles. The van der Waals surface area contributed by atoms with Crippen molar-refractivity contribution in [2.24, 2.45) is 5.73 Å². The molecule has 0 aliphatic heterocycles. The first kappa shape index (κ1) is 27.2. The predicted octanol–water partition coefficient (Wildman–Crippen LogP) is 2.83. The number of ether oxygens (including phenoxy) is 1. The lowest BCUT2D eigenvalue weighted by molar-refractivity contribution is -0.119. The van der Waals surface area contributed by atoms with Gasteiger partial charge in [-0.3, -0.25) is 13.6 Å². The molecule has 4 N–H and O–H groups in total. The van der Waals surface area contributed by atoms with Crippen molar-refractivity contribution >= 4 is 38.3 Å². The normalized spacial score (nSPS) is 12.2. The minimum atomic E-state index is -3.55. The maximum Gasteiger partial charge on any atom is 0.253 e. The van der Waals surface area contributed by atoms with Gasteiger partial charge in [0.25, 0.3) is 11.8 Å². The Morgan fingerprint density at radius 1 is 1.08 bits per heavy atom. The van der Waals surface area contributed by atoms with E-state index in [1.54, 1.807) is 0 Å². The summed E-state index contributed by atoms with van der Waals surface area (Å²) in [4.78, 5) is 30.5. The molecule has 12 heteroatoms. The van der Waals surface area contributed by atoms with Crippen LogP contribution in [0.4, 0.5) is 5.13 Å². The van der Waals surface area contributed by atoms with Crippen LogP contribution < -0.4 is 16.4 Å². The van der Waals surface area contributed by atoms with Crippen LogP contribution in [0.5, 0.6) is 0 Å². The van der Waals surface area contributed by atoms with Gasteiger partial charge in [-0.1, -0.05) is 54.6 Å². The van der Waals surface area contributed by atoms with Gasteiger partial charge in [0.15, 0.2) is 5.13 Å². The fraction of sp³-hybridized carbons (Fsp3) is 0.192. The van der Waals surface area contributed by atoms with Crippen LogP contribution in [-0.2, 0) is 32.7 Å². The summed E-state index contributed by atoms with van der Waals surface area (Å²) in [6.07, 6.45) is 3.48. The second kappa shape index (κ2) is 12.1. The Labute approximate surface area is 224 Å². The van der Waals surface area contributed by atoms with E-state index in [4.69, 9.17) is 10.5 Å². The molecule has 198 valence electrons. The first-order valence-electron chi connectivity index (χ1n) is 11.6. The van der Waals surface area contributed by atoms with E-state index in [0.717, 1.165) is 26.9 Å². The molecule has 0 fully saturated rings. The van der Waals surface area contributed by atoms with E-state index < -0.39 is 27.9 Å². The Morgan fingerprint density at radius 2 is 1.79 bits per heavy atom. The van der Waals surface area contributed by atoms with Crippen LogP contribution in [0.2, 0.25) is 0 Å². The van der Waals surface area contributed by atoms with Gasteiger partial charge in [-0.25, -0.2) is 13.4 Å². The van der Waals surface area contributed by atoms with E-state index in [1.165, 1.54) is 29.8 Å². The van der Waals surface area contributed by atoms with Gasteiger partial charge in [-0.2, -0.15) is 0 Å². The monoisotopic (exact) mass is 553 g/mol. The SMILES string of the molecule is CS(=O)(=O)n1ccc(C(=O)N[C@@H](COCc2ccc(CN)cc2)C(=O)Nc2nc(-c3ccccc3)cs2)c1. The second-order valence-corrected chi connectivity index (χ2v) is 11.2. The van der Waals surface area contributed by atoms with E-state index in [0.29, 0.717) is 17.4 Å². The lowest BCUT2D eigenvalue weighted by atomic mass is 10.1. The Morgan fingerprint density at radius 3 is 2.45 bits per heavy atom. The van der Waals surface area contributed by atoms with Gasteiger partial charge in [0.1, 0.15) is 6.04 Å². The number of hydrogen-bond donors (Lipinski definition) is 3. The van der Waals surface area contributed by atoms with Crippen LogP contribution in [0.3, 0.4) is 0 Å². The summed E-state index contributed by atoms with van der Waals surface area (Å²) in [5.41, 5.74) is 9.21. The van der Waals surface area contributed by atoms with E-state index in [-0.39, 0.29) is 18.8 Å². The average molecular weight is 554 g/mol. The quantitative estimate of drug-likeness (QED) is 0.259. The zero-order chi connectivity index (χ0) is 27.1. The number of carbonyl (C=O) groups excluding carboxylic acids is 2. The van der Waals surface area contributed by atoms with E-state index in [1.807, 2.05) is 60.0 Å². The number of hydrogen-bond acceptors (Lipinski definition) is 8. The first-order chi connectivity index (χ1) is 18.2. The number of amides is 2. The molecule has 10 nitrogen and oxygen atoms in total. The molecule has 0 spiro atoms. The van der Waals surface area contributed by atoms with Crippen molar-refractivity contribution in [2.45, 2.75) is 19.2 Å². The summed E-state index contributed by atoms with van der Waals surface area (Å²) in [6, 6.07) is 17.4. The van der Waals surface area contributed by atoms with Crippen molar-refractivity contribution < 1.29 is 22.7 Å². The third-order valence-corrected chi connectivity index (χ3v) is 7.30. The first-order valence-corrected chi connectivity index (χ1v) is 14.3. The Bertz CT molecular complexity index is 1500. The second-order valence-electron chi connectivity index (χ2n) is 8.45. The van der Waals surface area contributed by atoms with Gasteiger partial charge < -0.3 is 21.1 Å². The standard InChI is InChI=1S/C26H27N5O5S2/c1-38(34,35)31-12-11-21(14-31)24(32)28-22(16-36-15-19-9-7-18(13-27)8-10-19)25(33)30-26-29-23(17-37-26)20-5-3-2-4-6-20/h2-12,14,17,22H,13,15-16,27H2,1H3,(H,28,32)(H,29,30,33)/t22-/m0/s1. The van der Waals surface area contributed by atoms with Crippen LogP contribution in [0.25, 0.3) is 11.3 Å². The molecule has 4 rings (SSSR count). The number of carbonyl (C=O) groups is 2. The van der Waals surface area contributed by atoms with Crippen LogP contribution in [0.1, 0.15) is 21.5 Å². The number of rotatable bonds is 11. The molecular weight excluding hydrogens is 526 g/mol. The maximum atomic E-state index is 13.2. The summed E-state index contributed by atoms with van der Waals surface area (Å²) in [7, 11) is -3.55. The molecule has 2 aromatic carbocycles. The molecule has 0 saturated carbocycles. The number of thiazole rings is 1. The summed E-state index contributed by atoms with van der Waals surface area (Å²) < 4.78 is 30.2. The fourth-order valence-corrected chi connectivity index (χ4v) is 4.78. The van der Waals surface area contributed by atoms with Gasteiger partial charge in [-0.05, 0) is 17.2 Å². The number of benzene rings is 2. The third kappa shape index (κ3) is 7.13. The van der Waals surface area contributed by atoms with Crippen LogP contribution in [-0.4, -0.2) is 48.1 Å². The molecule has 0 bridgehead atoms. The van der Waals surface area contributed by atoms with E-state index in [9.17, 15) is 18.0 Å². The molecular formula is C26H27N5O5S2. The van der Waals surface area contributed by atoms with E-state index >= 15 is 0 Å². The highest BCUT2D eigenvalue weighted by molar-refractivity contribution is 7.89. The van der Waals surface area contributed by atoms with Crippen molar-refractivity contribution in [3.63, 3.8) is 0 Å². The van der Waals surface area contributed by atoms with Crippen molar-refractivity contribution in [3.05, 3.63) is 95.1 Å². The largest absolute Gasteiger partial charge is 0.374 e. The number of anilines is 1. The molecule has 2 aromatic heterocycles. The molecule has 4 aromatic rings. The molecule has 0 saturated heterocycles. The van der Waals surface area contributed by atoms with Crippen molar-refractivity contribution in [1.29, 1.82) is 0 Å². The molecule has 0 aliphatic rings. The highest BCUT2D eigenvalue weighted by atomic mass is 32.2. The Kier molecular flexibility index (Phi) is 8.69. The third-order valence-electron chi connectivity index (χ3n) is 5.55. The van der Waals surface area contributed by atoms with Crippen molar-refractivity contribution in [3.8, 4) is 11.3 Å². The van der Waals surface area contributed by atoms with Gasteiger partial charge in [0, 0.05) is 29.9 Å². The van der Waals surface area contributed by atoms with Crippen LogP contribution >= 0.6 is 11.3 Å². The highest BCUT2D eigenvalue weighted by Crippen LogP contribution is 2.24. The molecule has 1 atom stereocenters. The topological polar surface area (TPSA) is 145 Å². The summed E-state index contributed by atoms with van der Waals surface area (Å²) in [6.45, 7) is 0.517. The van der Waals surface area contributed by atoms with Gasteiger partial charge in [-0.15, -0.1) is 11.3 Å². The summed E-state index contributed by atoms with van der Waals surface area (Å²) in [5.74, 6) is -1.14. The number of nitrogens with zero attached hydrogens (tertiary/aromatic N) is 2. The molecule has 0 unspecified atom stereocenters. The fourth-order valence-electron chi connectivity index (χ4n) is 3.47. The predicted molar refractivity (Wildman–Crippen MR) is 146 cm³/mol. The van der Waals surface area contributed by atoms with Gasteiger partial charge in [0.05, 0.1) is 30.7 Å². The maximum absolute atomic E-state index is 13.2. The molecule has 0 radical (unpaired) electrons. The minimum Gasteiger partial charge on any atom is -0.374 e. The summed E-state index contributed by atoms with van der Waals surface area (Å²) >= 11 is 1.26. The molecule has 2 amide bonds. The van der Waals surface area contributed by atoms with Gasteiger partial charge in [0.2, 0.25) is 10.0 Å². The number of aromatic nitrogens is 2. The van der Waals surface area contributed by atoms with E-state index in [2.05, 4.69) is 15.6 Å². The number of nitrogens with one attached hydrogen (secondary N) is 2. The van der Waals surface area contributed by atoms with Crippen LogP contribution in [0.15, 0.2) is 78.4 Å². The van der Waals surface area contributed by atoms with Crippen molar-refractivity contribution in [2.75, 3.05) is 18.2 Å². The summed E-state index contributed by atoms with van der Waals surface area (Å²) in [5, 5.41) is 7.57. The Balaban J connectivity index is 1.46. The van der Waals surface area contributed by atoms with Gasteiger partial charge >= 0.3 is 0 Å². The zero-order valence-electron chi connectivity index (χ0n) is 20.5. The Hall–Kier alpha value is -3.84. The molecule has 38 heavy (non-hydrogen) atoms.